The van der Waals surface area contributed by atoms with E-state index < -0.39 is 0 Å². The van der Waals surface area contributed by atoms with Crippen molar-refractivity contribution in [3.05, 3.63) is 65.2 Å². The van der Waals surface area contributed by atoms with E-state index in [4.69, 9.17) is 10.5 Å². The highest BCUT2D eigenvalue weighted by atomic mass is 35.5. The van der Waals surface area contributed by atoms with Crippen LogP contribution < -0.4 is 10.5 Å². The molecule has 0 saturated carbocycles. The number of carbonyl (C=O) groups is 1. The van der Waals surface area contributed by atoms with Crippen molar-refractivity contribution in [2.24, 2.45) is 11.7 Å². The average molecular weight is 375 g/mol. The number of nitrogens with two attached hydrogens (primary N) is 1. The van der Waals surface area contributed by atoms with Crippen LogP contribution in [0.1, 0.15) is 22.6 Å². The average Bonchev–Trinajstić information content (AvgIpc) is 3.07. The molecular weight excluding hydrogens is 348 g/mol. The molecule has 0 spiro atoms. The van der Waals surface area contributed by atoms with E-state index in [9.17, 15) is 4.79 Å². The molecule has 26 heavy (non-hydrogen) atoms. The number of rotatable bonds is 5. The van der Waals surface area contributed by atoms with Gasteiger partial charge < -0.3 is 15.4 Å². The van der Waals surface area contributed by atoms with E-state index in [1.165, 1.54) is 5.56 Å². The SMILES string of the molecule is COc1ccc(C)cc1CC(=O)N1C[C@@H](CN)[C@H](c2ccccc2)C1.Cl. The number of halogens is 1. The maximum absolute atomic E-state index is 12.9. The minimum Gasteiger partial charge on any atom is -0.496 e. The second kappa shape index (κ2) is 9.06. The Bertz CT molecular complexity index is 736. The summed E-state index contributed by atoms with van der Waals surface area (Å²) >= 11 is 0. The molecule has 2 N–H and O–H groups in total. The summed E-state index contributed by atoms with van der Waals surface area (Å²) in [7, 11) is 1.64. The van der Waals surface area contributed by atoms with Crippen molar-refractivity contribution >= 4 is 18.3 Å². The molecule has 140 valence electrons. The minimum atomic E-state index is 0. The molecule has 1 heterocycles. The van der Waals surface area contributed by atoms with Gasteiger partial charge in [-0.25, -0.2) is 0 Å². The molecule has 2 atom stereocenters. The zero-order chi connectivity index (χ0) is 17.8. The van der Waals surface area contributed by atoms with Crippen LogP contribution in [0.2, 0.25) is 0 Å². The molecule has 1 fully saturated rings. The van der Waals surface area contributed by atoms with Crippen molar-refractivity contribution in [2.45, 2.75) is 19.3 Å². The highest BCUT2D eigenvalue weighted by Crippen LogP contribution is 2.32. The van der Waals surface area contributed by atoms with Crippen LogP contribution >= 0.6 is 12.4 Å². The zero-order valence-corrected chi connectivity index (χ0v) is 16.2. The molecule has 1 aliphatic heterocycles. The summed E-state index contributed by atoms with van der Waals surface area (Å²) in [5.41, 5.74) is 9.33. The van der Waals surface area contributed by atoms with E-state index in [1.807, 2.05) is 48.2 Å². The Kier molecular flexibility index (Phi) is 7.06. The summed E-state index contributed by atoms with van der Waals surface area (Å²) in [5.74, 6) is 1.54. The lowest BCUT2D eigenvalue weighted by Crippen LogP contribution is -2.31. The highest BCUT2D eigenvalue weighted by Gasteiger charge is 2.35. The number of carbonyl (C=O) groups excluding carboxylic acids is 1. The monoisotopic (exact) mass is 374 g/mol. The van der Waals surface area contributed by atoms with Gasteiger partial charge in [0.25, 0.3) is 0 Å². The van der Waals surface area contributed by atoms with Gasteiger partial charge in [-0.2, -0.15) is 0 Å². The molecular formula is C21H27ClN2O2. The number of methoxy groups -OCH3 is 1. The second-order valence-electron chi connectivity index (χ2n) is 6.80. The number of hydrogen-bond acceptors (Lipinski definition) is 3. The first-order chi connectivity index (χ1) is 12.1. The van der Waals surface area contributed by atoms with Gasteiger partial charge in [-0.3, -0.25) is 4.79 Å². The highest BCUT2D eigenvalue weighted by molar-refractivity contribution is 5.85. The third-order valence-corrected chi connectivity index (χ3v) is 5.10. The second-order valence-corrected chi connectivity index (χ2v) is 6.80. The van der Waals surface area contributed by atoms with E-state index in [0.717, 1.165) is 30.0 Å². The largest absolute Gasteiger partial charge is 0.496 e. The van der Waals surface area contributed by atoms with Crippen LogP contribution in [-0.4, -0.2) is 37.6 Å². The third-order valence-electron chi connectivity index (χ3n) is 5.10. The van der Waals surface area contributed by atoms with Crippen molar-refractivity contribution < 1.29 is 9.53 Å². The fourth-order valence-electron chi connectivity index (χ4n) is 3.71. The molecule has 0 bridgehead atoms. The number of hydrogen-bond donors (Lipinski definition) is 1. The summed E-state index contributed by atoms with van der Waals surface area (Å²) in [6.07, 6.45) is 0.365. The molecule has 2 aromatic carbocycles. The third kappa shape index (κ3) is 4.37. The smallest absolute Gasteiger partial charge is 0.227 e. The van der Waals surface area contributed by atoms with E-state index in [1.54, 1.807) is 7.11 Å². The molecule has 1 aliphatic rings. The summed E-state index contributed by atoms with van der Waals surface area (Å²) in [4.78, 5) is 14.8. The summed E-state index contributed by atoms with van der Waals surface area (Å²) in [6, 6.07) is 16.3. The topological polar surface area (TPSA) is 55.6 Å². The van der Waals surface area contributed by atoms with E-state index in [2.05, 4.69) is 12.1 Å². The molecule has 1 saturated heterocycles. The van der Waals surface area contributed by atoms with Gasteiger partial charge in [0, 0.05) is 24.6 Å². The lowest BCUT2D eigenvalue weighted by molar-refractivity contribution is -0.129. The Balaban J connectivity index is 0.00000243. The van der Waals surface area contributed by atoms with E-state index in [0.29, 0.717) is 24.8 Å². The van der Waals surface area contributed by atoms with Crippen LogP contribution in [0.3, 0.4) is 0 Å². The van der Waals surface area contributed by atoms with Crippen LogP contribution in [0, 0.1) is 12.8 Å². The molecule has 0 radical (unpaired) electrons. The molecule has 4 nitrogen and oxygen atoms in total. The maximum Gasteiger partial charge on any atom is 0.227 e. The van der Waals surface area contributed by atoms with E-state index >= 15 is 0 Å². The first-order valence-corrected chi connectivity index (χ1v) is 8.78. The molecule has 0 unspecified atom stereocenters. The lowest BCUT2D eigenvalue weighted by Gasteiger charge is -2.18. The Morgan fingerprint density at radius 2 is 1.92 bits per heavy atom. The molecule has 0 aromatic heterocycles. The first-order valence-electron chi connectivity index (χ1n) is 8.78. The number of likely N-dealkylation sites (tertiary alicyclic amines) is 1. The van der Waals surface area contributed by atoms with Gasteiger partial charge in [0.2, 0.25) is 5.91 Å². The van der Waals surface area contributed by atoms with Gasteiger partial charge in [0.1, 0.15) is 5.75 Å². The lowest BCUT2D eigenvalue weighted by atomic mass is 9.89. The Hall–Kier alpha value is -2.04. The van der Waals surface area contributed by atoms with E-state index in [-0.39, 0.29) is 18.3 Å². The zero-order valence-electron chi connectivity index (χ0n) is 15.4. The van der Waals surface area contributed by atoms with Gasteiger partial charge in [0.05, 0.1) is 13.5 Å². The van der Waals surface area contributed by atoms with Gasteiger partial charge in [-0.15, -0.1) is 12.4 Å². The Morgan fingerprint density at radius 1 is 1.19 bits per heavy atom. The summed E-state index contributed by atoms with van der Waals surface area (Å²) in [6.45, 7) is 4.08. The van der Waals surface area contributed by atoms with Gasteiger partial charge in [-0.05, 0) is 31.0 Å². The standard InChI is InChI=1S/C21H26N2O2.ClH/c1-15-8-9-20(25-2)17(10-15)11-21(24)23-13-18(12-22)19(14-23)16-6-4-3-5-7-16;/h3-10,18-19H,11-14,22H2,1-2H3;1H/t18-,19+;/m1./s1. The van der Waals surface area contributed by atoms with Crippen molar-refractivity contribution in [2.75, 3.05) is 26.7 Å². The van der Waals surface area contributed by atoms with Crippen molar-refractivity contribution in [1.29, 1.82) is 0 Å². The number of benzene rings is 2. The molecule has 0 aliphatic carbocycles. The van der Waals surface area contributed by atoms with Crippen molar-refractivity contribution in [1.82, 2.24) is 4.90 Å². The quantitative estimate of drug-likeness (QED) is 0.874. The van der Waals surface area contributed by atoms with Crippen molar-refractivity contribution in [3.63, 3.8) is 0 Å². The predicted molar refractivity (Wildman–Crippen MR) is 107 cm³/mol. The fraction of sp³-hybridized carbons (Fsp3) is 0.381. The van der Waals surface area contributed by atoms with Crippen LogP contribution in [0.4, 0.5) is 0 Å². The fourth-order valence-corrected chi connectivity index (χ4v) is 3.71. The number of nitrogens with zero attached hydrogens (tertiary/aromatic N) is 1. The maximum atomic E-state index is 12.9. The van der Waals surface area contributed by atoms with Crippen LogP contribution in [0.25, 0.3) is 0 Å². The molecule has 2 aromatic rings. The predicted octanol–water partition coefficient (Wildman–Crippen LogP) is 3.17. The van der Waals surface area contributed by atoms with Crippen LogP contribution in [0.15, 0.2) is 48.5 Å². The van der Waals surface area contributed by atoms with Gasteiger partial charge in [-0.1, -0.05) is 48.0 Å². The molecule has 3 rings (SSSR count). The first kappa shape index (κ1) is 20.3. The van der Waals surface area contributed by atoms with Crippen LogP contribution in [0.5, 0.6) is 5.75 Å². The summed E-state index contributed by atoms with van der Waals surface area (Å²) < 4.78 is 5.41. The normalized spacial score (nSPS) is 19.1. The Morgan fingerprint density at radius 3 is 2.58 bits per heavy atom. The molecule has 5 heteroatoms. The number of amides is 1. The Labute approximate surface area is 161 Å². The van der Waals surface area contributed by atoms with Crippen LogP contribution in [-0.2, 0) is 11.2 Å². The number of aryl methyl sites for hydroxylation is 1. The molecule has 1 amide bonds. The summed E-state index contributed by atoms with van der Waals surface area (Å²) in [5, 5.41) is 0. The van der Waals surface area contributed by atoms with Gasteiger partial charge >= 0.3 is 0 Å². The van der Waals surface area contributed by atoms with Crippen molar-refractivity contribution in [3.8, 4) is 5.75 Å². The number of ether oxygens (including phenoxy) is 1. The van der Waals surface area contributed by atoms with Gasteiger partial charge in [0.15, 0.2) is 0 Å². The minimum absolute atomic E-state index is 0.